The number of nitrogens with one attached hydrogen (secondary N) is 1. The van der Waals surface area contributed by atoms with Crippen LogP contribution in [0.2, 0.25) is 0 Å². The quantitative estimate of drug-likeness (QED) is 0.663. The van der Waals surface area contributed by atoms with E-state index in [1.54, 1.807) is 0 Å². The molecule has 1 aliphatic rings. The van der Waals surface area contributed by atoms with Gasteiger partial charge in [-0.1, -0.05) is 24.3 Å². The van der Waals surface area contributed by atoms with Gasteiger partial charge >= 0.3 is 0 Å². The molecule has 0 unspecified atom stereocenters. The van der Waals surface area contributed by atoms with E-state index in [0.717, 1.165) is 30.5 Å². The van der Waals surface area contributed by atoms with Gasteiger partial charge < -0.3 is 15.3 Å². The summed E-state index contributed by atoms with van der Waals surface area (Å²) in [6.07, 6.45) is 4.37. The van der Waals surface area contributed by atoms with Gasteiger partial charge in [0.25, 0.3) is 0 Å². The van der Waals surface area contributed by atoms with Crippen molar-refractivity contribution in [2.24, 2.45) is 5.92 Å². The van der Waals surface area contributed by atoms with E-state index in [-0.39, 0.29) is 12.1 Å². The van der Waals surface area contributed by atoms with Gasteiger partial charge in [-0.3, -0.25) is 0 Å². The van der Waals surface area contributed by atoms with Crippen LogP contribution in [0.15, 0.2) is 36.9 Å². The highest BCUT2D eigenvalue weighted by molar-refractivity contribution is 7.80. The molecule has 1 saturated carbocycles. The zero-order valence-electron chi connectivity index (χ0n) is 12.7. The van der Waals surface area contributed by atoms with Crippen molar-refractivity contribution in [1.29, 1.82) is 0 Å². The highest BCUT2D eigenvalue weighted by Crippen LogP contribution is 2.28. The molecule has 3 nitrogen and oxygen atoms in total. The lowest BCUT2D eigenvalue weighted by atomic mass is 9.83. The highest BCUT2D eigenvalue weighted by Gasteiger charge is 2.31. The second-order valence-corrected chi connectivity index (χ2v) is 6.19. The van der Waals surface area contributed by atoms with Crippen LogP contribution >= 0.6 is 12.2 Å². The number of allylic oxidation sites excluding steroid dienone is 1. The van der Waals surface area contributed by atoms with Crippen molar-refractivity contribution in [3.05, 3.63) is 42.5 Å². The molecule has 1 aromatic carbocycles. The number of thiocarbonyl (C=S) groups is 1. The molecule has 0 heterocycles. The summed E-state index contributed by atoms with van der Waals surface area (Å²) in [6, 6.07) is 8.10. The average Bonchev–Trinajstić information content (AvgIpc) is 2.49. The molecule has 2 N–H and O–H groups in total. The van der Waals surface area contributed by atoms with Gasteiger partial charge in [0.1, 0.15) is 0 Å². The number of aryl methyl sites for hydroxylation is 1. The first-order chi connectivity index (χ1) is 10.0. The fraction of sp³-hybridized carbons (Fsp3) is 0.471. The maximum absolute atomic E-state index is 10.3. The Morgan fingerprint density at radius 3 is 2.81 bits per heavy atom. The van der Waals surface area contributed by atoms with Crippen molar-refractivity contribution in [3.8, 4) is 0 Å². The highest BCUT2D eigenvalue weighted by atomic mass is 32.1. The molecule has 0 spiro atoms. The minimum Gasteiger partial charge on any atom is -0.391 e. The van der Waals surface area contributed by atoms with Crippen LogP contribution in [0.4, 0.5) is 5.69 Å². The van der Waals surface area contributed by atoms with Gasteiger partial charge in [-0.05, 0) is 56.0 Å². The molecule has 0 bridgehead atoms. The van der Waals surface area contributed by atoms with Crippen LogP contribution < -0.4 is 5.32 Å². The minimum atomic E-state index is -0.331. The van der Waals surface area contributed by atoms with E-state index in [4.69, 9.17) is 12.2 Å². The van der Waals surface area contributed by atoms with Crippen LogP contribution in [0.5, 0.6) is 0 Å². The summed E-state index contributed by atoms with van der Waals surface area (Å²) in [4.78, 5) is 1.99. The van der Waals surface area contributed by atoms with Crippen LogP contribution in [0.25, 0.3) is 0 Å². The Morgan fingerprint density at radius 1 is 1.43 bits per heavy atom. The lowest BCUT2D eigenvalue weighted by Gasteiger charge is -2.39. The summed E-state index contributed by atoms with van der Waals surface area (Å²) in [7, 11) is 1.95. The van der Waals surface area contributed by atoms with Gasteiger partial charge in [0, 0.05) is 12.7 Å². The van der Waals surface area contributed by atoms with Crippen LogP contribution in [0.3, 0.4) is 0 Å². The van der Waals surface area contributed by atoms with Gasteiger partial charge in [-0.15, -0.1) is 6.58 Å². The Kier molecular flexibility index (Phi) is 5.37. The summed E-state index contributed by atoms with van der Waals surface area (Å²) in [6.45, 7) is 5.93. The van der Waals surface area contributed by atoms with Gasteiger partial charge in [0.15, 0.2) is 5.11 Å². The molecule has 0 aromatic heterocycles. The Morgan fingerprint density at radius 2 is 2.14 bits per heavy atom. The van der Waals surface area contributed by atoms with Gasteiger partial charge in [-0.25, -0.2) is 0 Å². The number of nitrogens with zero attached hydrogens (tertiary/aromatic N) is 1. The first-order valence-electron chi connectivity index (χ1n) is 7.43. The third-order valence-corrected chi connectivity index (χ3v) is 4.75. The van der Waals surface area contributed by atoms with Crippen LogP contribution in [0, 0.1) is 12.8 Å². The number of rotatable bonds is 3. The maximum atomic E-state index is 10.3. The van der Waals surface area contributed by atoms with Crippen molar-refractivity contribution >= 4 is 23.0 Å². The van der Waals surface area contributed by atoms with Gasteiger partial charge in [-0.2, -0.15) is 0 Å². The van der Waals surface area contributed by atoms with Crippen LogP contribution in [-0.4, -0.2) is 34.3 Å². The van der Waals surface area contributed by atoms with E-state index in [9.17, 15) is 5.11 Å². The third-order valence-electron chi connectivity index (χ3n) is 4.36. The molecule has 4 heteroatoms. The number of aliphatic hydroxyl groups excluding tert-OH is 1. The zero-order valence-corrected chi connectivity index (χ0v) is 13.6. The monoisotopic (exact) mass is 304 g/mol. The predicted molar refractivity (Wildman–Crippen MR) is 92.5 cm³/mol. The number of anilines is 1. The average molecular weight is 304 g/mol. The summed E-state index contributed by atoms with van der Waals surface area (Å²) in [5.74, 6) is 0.460. The summed E-state index contributed by atoms with van der Waals surface area (Å²) in [5, 5.41) is 14.2. The fourth-order valence-corrected chi connectivity index (χ4v) is 3.11. The molecular weight excluding hydrogens is 280 g/mol. The predicted octanol–water partition coefficient (Wildman–Crippen LogP) is 3.34. The number of para-hydroxylation sites is 1. The van der Waals surface area contributed by atoms with Crippen LogP contribution in [-0.2, 0) is 0 Å². The smallest absolute Gasteiger partial charge is 0.173 e. The minimum absolute atomic E-state index is 0.0470. The van der Waals surface area contributed by atoms with E-state index in [1.807, 2.05) is 49.2 Å². The third kappa shape index (κ3) is 3.83. The SMILES string of the molecule is C=C[C@@H]1CC[C@H](O)[C@@H](N(C)C(=S)Nc2ccccc2C)C1. The standard InChI is InChI=1S/C17H24N2OS/c1-4-13-9-10-16(20)15(11-13)19(3)17(21)18-14-8-6-5-7-12(14)2/h4-8,13,15-16,20H,1,9-11H2,2-3H3,(H,18,21)/t13-,15+,16+/m1/s1. The summed E-state index contributed by atoms with van der Waals surface area (Å²) < 4.78 is 0. The number of aliphatic hydroxyl groups is 1. The summed E-state index contributed by atoms with van der Waals surface area (Å²) in [5.41, 5.74) is 2.17. The van der Waals surface area contributed by atoms with Crippen molar-refractivity contribution in [3.63, 3.8) is 0 Å². The molecule has 1 aliphatic carbocycles. The molecule has 2 rings (SSSR count). The Balaban J connectivity index is 2.04. The molecule has 0 saturated heterocycles. The van der Waals surface area contributed by atoms with Crippen molar-refractivity contribution in [1.82, 2.24) is 4.90 Å². The molecule has 0 amide bonds. The number of benzene rings is 1. The lowest BCUT2D eigenvalue weighted by Crippen LogP contribution is -2.49. The molecule has 0 radical (unpaired) electrons. The maximum Gasteiger partial charge on any atom is 0.173 e. The molecule has 114 valence electrons. The van der Waals surface area contributed by atoms with E-state index in [2.05, 4.69) is 11.9 Å². The Bertz CT molecular complexity index is 517. The molecule has 0 aliphatic heterocycles. The second kappa shape index (κ2) is 7.05. The summed E-state index contributed by atoms with van der Waals surface area (Å²) >= 11 is 5.50. The van der Waals surface area contributed by atoms with Crippen molar-refractivity contribution in [2.75, 3.05) is 12.4 Å². The molecular formula is C17H24N2OS. The van der Waals surface area contributed by atoms with Gasteiger partial charge in [0.2, 0.25) is 0 Å². The Labute approximate surface area is 132 Å². The molecule has 1 fully saturated rings. The van der Waals surface area contributed by atoms with Crippen molar-refractivity contribution < 1.29 is 5.11 Å². The number of hydrogen-bond acceptors (Lipinski definition) is 2. The number of hydrogen-bond donors (Lipinski definition) is 2. The molecule has 3 atom stereocenters. The fourth-order valence-electron chi connectivity index (χ4n) is 2.86. The van der Waals surface area contributed by atoms with E-state index in [0.29, 0.717) is 11.0 Å². The first kappa shape index (κ1) is 16.0. The van der Waals surface area contributed by atoms with Crippen molar-refractivity contribution in [2.45, 2.75) is 38.3 Å². The van der Waals surface area contributed by atoms with Crippen LogP contribution in [0.1, 0.15) is 24.8 Å². The Hall–Kier alpha value is -1.39. The normalized spacial score (nSPS) is 25.2. The topological polar surface area (TPSA) is 35.5 Å². The second-order valence-electron chi connectivity index (χ2n) is 5.80. The largest absolute Gasteiger partial charge is 0.391 e. The first-order valence-corrected chi connectivity index (χ1v) is 7.83. The van der Waals surface area contributed by atoms with Gasteiger partial charge in [0.05, 0.1) is 12.1 Å². The van der Waals surface area contributed by atoms with E-state index < -0.39 is 0 Å². The number of likely N-dealkylation sites (N-methyl/N-ethyl adjacent to an activating group) is 1. The van der Waals surface area contributed by atoms with E-state index in [1.165, 1.54) is 0 Å². The molecule has 21 heavy (non-hydrogen) atoms. The lowest BCUT2D eigenvalue weighted by molar-refractivity contribution is 0.0483. The van der Waals surface area contributed by atoms with E-state index >= 15 is 0 Å². The molecule has 1 aromatic rings. The zero-order chi connectivity index (χ0) is 15.4.